The SMILES string of the molecule is CCC(C)c1ccc(CCC(=O)NC)cc1. The van der Waals surface area contributed by atoms with Crippen LogP contribution in [0.4, 0.5) is 0 Å². The number of aryl methyl sites for hydroxylation is 1. The molecule has 0 bridgehead atoms. The molecule has 1 unspecified atom stereocenters. The van der Waals surface area contributed by atoms with Crippen molar-refractivity contribution in [3.05, 3.63) is 35.4 Å². The Bertz CT molecular complexity index is 329. The minimum atomic E-state index is 0.103. The van der Waals surface area contributed by atoms with Gasteiger partial charge in [-0.15, -0.1) is 0 Å². The summed E-state index contributed by atoms with van der Waals surface area (Å²) in [6.07, 6.45) is 2.55. The van der Waals surface area contributed by atoms with Gasteiger partial charge in [0.15, 0.2) is 0 Å². The molecule has 0 aliphatic carbocycles. The second kappa shape index (κ2) is 6.31. The highest BCUT2D eigenvalue weighted by molar-refractivity contribution is 5.75. The summed E-state index contributed by atoms with van der Waals surface area (Å²) < 4.78 is 0. The molecule has 16 heavy (non-hydrogen) atoms. The van der Waals surface area contributed by atoms with E-state index < -0.39 is 0 Å². The van der Waals surface area contributed by atoms with Gasteiger partial charge in [0.2, 0.25) is 5.91 Å². The van der Waals surface area contributed by atoms with Gasteiger partial charge in [-0.1, -0.05) is 38.1 Å². The lowest BCUT2D eigenvalue weighted by atomic mass is 9.97. The van der Waals surface area contributed by atoms with Gasteiger partial charge in [0.25, 0.3) is 0 Å². The summed E-state index contributed by atoms with van der Waals surface area (Å²) in [6, 6.07) is 8.61. The van der Waals surface area contributed by atoms with Gasteiger partial charge in [0, 0.05) is 13.5 Å². The number of hydrogen-bond donors (Lipinski definition) is 1. The zero-order chi connectivity index (χ0) is 12.0. The number of benzene rings is 1. The van der Waals surface area contributed by atoms with Gasteiger partial charge in [0.05, 0.1) is 0 Å². The molecule has 0 aliphatic rings. The fraction of sp³-hybridized carbons (Fsp3) is 0.500. The van der Waals surface area contributed by atoms with E-state index in [9.17, 15) is 4.79 Å². The van der Waals surface area contributed by atoms with Crippen molar-refractivity contribution in [1.29, 1.82) is 0 Å². The molecule has 2 nitrogen and oxygen atoms in total. The molecule has 0 spiro atoms. The molecule has 0 aromatic heterocycles. The lowest BCUT2D eigenvalue weighted by molar-refractivity contribution is -0.120. The summed E-state index contributed by atoms with van der Waals surface area (Å²) in [6.45, 7) is 4.43. The van der Waals surface area contributed by atoms with Gasteiger partial charge in [-0.05, 0) is 29.9 Å². The minimum Gasteiger partial charge on any atom is -0.359 e. The molecule has 0 saturated heterocycles. The smallest absolute Gasteiger partial charge is 0.220 e. The summed E-state index contributed by atoms with van der Waals surface area (Å²) in [5.74, 6) is 0.721. The Kier molecular flexibility index (Phi) is 5.03. The van der Waals surface area contributed by atoms with Gasteiger partial charge >= 0.3 is 0 Å². The maximum absolute atomic E-state index is 11.1. The van der Waals surface area contributed by atoms with E-state index in [0.29, 0.717) is 12.3 Å². The zero-order valence-electron chi connectivity index (χ0n) is 10.4. The topological polar surface area (TPSA) is 29.1 Å². The molecule has 1 rings (SSSR count). The molecule has 1 N–H and O–H groups in total. The van der Waals surface area contributed by atoms with Crippen molar-refractivity contribution < 1.29 is 4.79 Å². The highest BCUT2D eigenvalue weighted by atomic mass is 16.1. The Morgan fingerprint density at radius 1 is 1.31 bits per heavy atom. The normalized spacial score (nSPS) is 12.2. The molecule has 1 amide bonds. The van der Waals surface area contributed by atoms with Crippen molar-refractivity contribution in [2.45, 2.75) is 39.0 Å². The molecule has 0 saturated carbocycles. The summed E-state index contributed by atoms with van der Waals surface area (Å²) in [4.78, 5) is 11.1. The van der Waals surface area contributed by atoms with Crippen LogP contribution in [-0.4, -0.2) is 13.0 Å². The molecular formula is C14H21NO. The highest BCUT2D eigenvalue weighted by Gasteiger charge is 2.03. The summed E-state index contributed by atoms with van der Waals surface area (Å²) in [7, 11) is 1.67. The fourth-order valence-corrected chi connectivity index (χ4v) is 1.63. The van der Waals surface area contributed by atoms with Crippen molar-refractivity contribution in [2.24, 2.45) is 0 Å². The first-order valence-corrected chi connectivity index (χ1v) is 5.96. The van der Waals surface area contributed by atoms with Crippen molar-refractivity contribution in [1.82, 2.24) is 5.32 Å². The van der Waals surface area contributed by atoms with Crippen LogP contribution in [0.2, 0.25) is 0 Å². The molecule has 0 radical (unpaired) electrons. The van der Waals surface area contributed by atoms with Crippen LogP contribution in [0.25, 0.3) is 0 Å². The molecule has 0 aliphatic heterocycles. The van der Waals surface area contributed by atoms with E-state index in [2.05, 4.69) is 43.4 Å². The maximum Gasteiger partial charge on any atom is 0.220 e. The fourth-order valence-electron chi connectivity index (χ4n) is 1.63. The van der Waals surface area contributed by atoms with E-state index in [0.717, 1.165) is 12.8 Å². The van der Waals surface area contributed by atoms with Crippen molar-refractivity contribution in [2.75, 3.05) is 7.05 Å². The largest absolute Gasteiger partial charge is 0.359 e. The molecule has 1 aromatic rings. The lowest BCUT2D eigenvalue weighted by Gasteiger charge is -2.09. The average molecular weight is 219 g/mol. The number of carbonyl (C=O) groups excluding carboxylic acids is 1. The Morgan fingerprint density at radius 2 is 1.94 bits per heavy atom. The number of carbonyl (C=O) groups is 1. The number of amides is 1. The van der Waals surface area contributed by atoms with E-state index in [1.807, 2.05) is 0 Å². The van der Waals surface area contributed by atoms with Gasteiger partial charge < -0.3 is 5.32 Å². The van der Waals surface area contributed by atoms with Gasteiger partial charge in [-0.25, -0.2) is 0 Å². The second-order valence-corrected chi connectivity index (χ2v) is 4.22. The van der Waals surface area contributed by atoms with Crippen LogP contribution in [0, 0.1) is 0 Å². The van der Waals surface area contributed by atoms with E-state index in [1.54, 1.807) is 7.05 Å². The molecule has 0 fully saturated rings. The third-order valence-electron chi connectivity index (χ3n) is 3.08. The van der Waals surface area contributed by atoms with Crippen LogP contribution in [-0.2, 0) is 11.2 Å². The zero-order valence-corrected chi connectivity index (χ0v) is 10.4. The first kappa shape index (κ1) is 12.8. The number of nitrogens with one attached hydrogen (secondary N) is 1. The summed E-state index contributed by atoms with van der Waals surface area (Å²) >= 11 is 0. The van der Waals surface area contributed by atoms with Gasteiger partial charge in [-0.3, -0.25) is 4.79 Å². The third kappa shape index (κ3) is 3.69. The summed E-state index contributed by atoms with van der Waals surface area (Å²) in [5, 5.41) is 2.64. The Morgan fingerprint density at radius 3 is 2.44 bits per heavy atom. The van der Waals surface area contributed by atoms with Crippen LogP contribution in [0.3, 0.4) is 0 Å². The maximum atomic E-state index is 11.1. The molecule has 2 heteroatoms. The summed E-state index contributed by atoms with van der Waals surface area (Å²) in [5.41, 5.74) is 2.61. The predicted octanol–water partition coefficient (Wildman–Crippen LogP) is 2.88. The van der Waals surface area contributed by atoms with Crippen LogP contribution in [0.5, 0.6) is 0 Å². The molecule has 88 valence electrons. The van der Waals surface area contributed by atoms with E-state index in [1.165, 1.54) is 11.1 Å². The van der Waals surface area contributed by atoms with Crippen molar-refractivity contribution in [3.63, 3.8) is 0 Å². The van der Waals surface area contributed by atoms with Crippen LogP contribution >= 0.6 is 0 Å². The predicted molar refractivity (Wildman–Crippen MR) is 67.5 cm³/mol. The highest BCUT2D eigenvalue weighted by Crippen LogP contribution is 2.19. The van der Waals surface area contributed by atoms with E-state index in [4.69, 9.17) is 0 Å². The monoisotopic (exact) mass is 219 g/mol. The quantitative estimate of drug-likeness (QED) is 0.810. The Hall–Kier alpha value is -1.31. The van der Waals surface area contributed by atoms with Gasteiger partial charge in [-0.2, -0.15) is 0 Å². The number of rotatable bonds is 5. The second-order valence-electron chi connectivity index (χ2n) is 4.22. The standard InChI is InChI=1S/C14H21NO/c1-4-11(2)13-8-5-12(6-9-13)7-10-14(16)15-3/h5-6,8-9,11H,4,7,10H2,1-3H3,(H,15,16). The molecule has 1 atom stereocenters. The van der Waals surface area contributed by atoms with Crippen molar-refractivity contribution >= 4 is 5.91 Å². The Labute approximate surface area is 98.1 Å². The average Bonchev–Trinajstić information content (AvgIpc) is 2.35. The molecule has 0 heterocycles. The first-order valence-electron chi connectivity index (χ1n) is 5.96. The van der Waals surface area contributed by atoms with E-state index >= 15 is 0 Å². The van der Waals surface area contributed by atoms with Crippen LogP contribution < -0.4 is 5.32 Å². The number of hydrogen-bond acceptors (Lipinski definition) is 1. The van der Waals surface area contributed by atoms with Gasteiger partial charge in [0.1, 0.15) is 0 Å². The van der Waals surface area contributed by atoms with E-state index in [-0.39, 0.29) is 5.91 Å². The third-order valence-corrected chi connectivity index (χ3v) is 3.08. The lowest BCUT2D eigenvalue weighted by Crippen LogP contribution is -2.17. The van der Waals surface area contributed by atoms with Crippen LogP contribution in [0.15, 0.2) is 24.3 Å². The molecular weight excluding hydrogens is 198 g/mol. The van der Waals surface area contributed by atoms with Crippen LogP contribution in [0.1, 0.15) is 43.7 Å². The van der Waals surface area contributed by atoms with Crippen molar-refractivity contribution in [3.8, 4) is 0 Å². The first-order chi connectivity index (χ1) is 7.67. The minimum absolute atomic E-state index is 0.103. The Balaban J connectivity index is 2.54. The molecule has 1 aromatic carbocycles.